The van der Waals surface area contributed by atoms with E-state index in [-0.39, 0.29) is 26.3 Å². The number of benzene rings is 3. The Hall–Kier alpha value is -3.33. The monoisotopic (exact) mass is 446 g/mol. The smallest absolute Gasteiger partial charge is 0.457 e. The van der Waals surface area contributed by atoms with E-state index in [1.54, 1.807) is 31.2 Å². The minimum atomic E-state index is -4.64. The SMILES string of the molecule is Cc1cc(Oc2cccc(S(C)(=O)=O)c2)ccc1-c1nc2ccccc2n1C(F)(F)F. The minimum Gasteiger partial charge on any atom is -0.457 e. The van der Waals surface area contributed by atoms with Gasteiger partial charge in [0.1, 0.15) is 17.3 Å². The third-order valence-corrected chi connectivity index (χ3v) is 5.83. The van der Waals surface area contributed by atoms with Crippen molar-refractivity contribution in [2.24, 2.45) is 0 Å². The highest BCUT2D eigenvalue weighted by Gasteiger charge is 2.36. The van der Waals surface area contributed by atoms with Gasteiger partial charge in [-0.15, -0.1) is 13.2 Å². The van der Waals surface area contributed by atoms with Crippen molar-refractivity contribution in [1.82, 2.24) is 9.55 Å². The quantitative estimate of drug-likeness (QED) is 0.404. The van der Waals surface area contributed by atoms with Crippen molar-refractivity contribution in [2.75, 3.05) is 6.26 Å². The molecule has 0 saturated heterocycles. The molecule has 3 aromatic carbocycles. The number of rotatable bonds is 4. The molecule has 0 radical (unpaired) electrons. The normalized spacial score (nSPS) is 12.3. The number of fused-ring (bicyclic) bond motifs is 1. The maximum Gasteiger partial charge on any atom is 0.490 e. The van der Waals surface area contributed by atoms with Crippen molar-refractivity contribution in [3.05, 3.63) is 72.3 Å². The summed E-state index contributed by atoms with van der Waals surface area (Å²) in [7, 11) is -3.40. The van der Waals surface area contributed by atoms with Gasteiger partial charge in [0, 0.05) is 11.8 Å². The summed E-state index contributed by atoms with van der Waals surface area (Å²) in [4.78, 5) is 4.31. The summed E-state index contributed by atoms with van der Waals surface area (Å²) in [5, 5.41) is 0. The van der Waals surface area contributed by atoms with Gasteiger partial charge in [0.25, 0.3) is 0 Å². The van der Waals surface area contributed by atoms with E-state index in [2.05, 4.69) is 4.98 Å². The van der Waals surface area contributed by atoms with Gasteiger partial charge in [0.15, 0.2) is 9.84 Å². The molecule has 0 aliphatic rings. The Balaban J connectivity index is 1.74. The van der Waals surface area contributed by atoms with Crippen LogP contribution in [0.2, 0.25) is 0 Å². The van der Waals surface area contributed by atoms with Crippen LogP contribution in [0.5, 0.6) is 11.5 Å². The lowest BCUT2D eigenvalue weighted by molar-refractivity contribution is -0.199. The number of alkyl halides is 3. The Bertz CT molecular complexity index is 1390. The topological polar surface area (TPSA) is 61.2 Å². The van der Waals surface area contributed by atoms with Crippen molar-refractivity contribution in [3.63, 3.8) is 0 Å². The average Bonchev–Trinajstić information content (AvgIpc) is 3.07. The number of halogens is 3. The number of sulfone groups is 1. The summed E-state index contributed by atoms with van der Waals surface area (Å²) < 4.78 is 70.8. The fourth-order valence-corrected chi connectivity index (χ4v) is 3.97. The Morgan fingerprint density at radius 3 is 2.32 bits per heavy atom. The van der Waals surface area contributed by atoms with Crippen LogP contribution in [0.25, 0.3) is 22.4 Å². The highest BCUT2D eigenvalue weighted by atomic mass is 32.2. The lowest BCUT2D eigenvalue weighted by Gasteiger charge is -2.15. The summed E-state index contributed by atoms with van der Waals surface area (Å²) in [6, 6.07) is 16.7. The summed E-state index contributed by atoms with van der Waals surface area (Å²) in [5.41, 5.74) is 1.05. The molecule has 0 aliphatic heterocycles. The molecule has 31 heavy (non-hydrogen) atoms. The largest absolute Gasteiger partial charge is 0.490 e. The van der Waals surface area contributed by atoms with Gasteiger partial charge in [-0.1, -0.05) is 18.2 Å². The summed E-state index contributed by atoms with van der Waals surface area (Å²) in [6.07, 6.45) is -3.54. The minimum absolute atomic E-state index is 0.0256. The maximum atomic E-state index is 13.8. The van der Waals surface area contributed by atoms with Crippen molar-refractivity contribution in [1.29, 1.82) is 0 Å². The predicted octanol–water partition coefficient (Wildman–Crippen LogP) is 5.68. The van der Waals surface area contributed by atoms with Gasteiger partial charge in [0.2, 0.25) is 0 Å². The molecule has 160 valence electrons. The Kier molecular flexibility index (Phi) is 5.01. The van der Waals surface area contributed by atoms with Crippen LogP contribution in [0.3, 0.4) is 0 Å². The molecular weight excluding hydrogens is 429 g/mol. The molecule has 0 aliphatic carbocycles. The van der Waals surface area contributed by atoms with E-state index in [0.29, 0.717) is 22.6 Å². The van der Waals surface area contributed by atoms with Gasteiger partial charge in [-0.05, 0) is 61.0 Å². The van der Waals surface area contributed by atoms with Crippen LogP contribution in [0.4, 0.5) is 13.2 Å². The zero-order chi connectivity index (χ0) is 22.4. The molecule has 0 atom stereocenters. The zero-order valence-electron chi connectivity index (χ0n) is 16.5. The number of hydrogen-bond acceptors (Lipinski definition) is 4. The Labute approximate surface area is 176 Å². The first-order valence-electron chi connectivity index (χ1n) is 9.18. The number of aryl methyl sites for hydroxylation is 1. The predicted molar refractivity (Wildman–Crippen MR) is 111 cm³/mol. The maximum absolute atomic E-state index is 13.8. The number of aromatic nitrogens is 2. The summed E-state index contributed by atoms with van der Waals surface area (Å²) in [6.45, 7) is 1.66. The van der Waals surface area contributed by atoms with E-state index in [0.717, 1.165) is 6.26 Å². The summed E-state index contributed by atoms with van der Waals surface area (Å²) in [5.74, 6) is 0.455. The molecular formula is C22H17F3N2O3S. The molecule has 0 fully saturated rings. The molecule has 0 N–H and O–H groups in total. The van der Waals surface area contributed by atoms with E-state index in [4.69, 9.17) is 4.74 Å². The third-order valence-electron chi connectivity index (χ3n) is 4.72. The van der Waals surface area contributed by atoms with Crippen LogP contribution in [-0.4, -0.2) is 24.2 Å². The number of ether oxygens (including phenoxy) is 1. The number of hydrogen-bond donors (Lipinski definition) is 0. The molecule has 0 saturated carbocycles. The van der Waals surface area contributed by atoms with E-state index in [9.17, 15) is 21.6 Å². The Morgan fingerprint density at radius 2 is 1.65 bits per heavy atom. The lowest BCUT2D eigenvalue weighted by Crippen LogP contribution is -2.18. The van der Waals surface area contributed by atoms with Crippen molar-refractivity contribution >= 4 is 20.9 Å². The van der Waals surface area contributed by atoms with Crippen LogP contribution in [-0.2, 0) is 16.1 Å². The van der Waals surface area contributed by atoms with Gasteiger partial charge < -0.3 is 4.74 Å². The summed E-state index contributed by atoms with van der Waals surface area (Å²) >= 11 is 0. The second kappa shape index (κ2) is 7.42. The van der Waals surface area contributed by atoms with Crippen molar-refractivity contribution < 1.29 is 26.3 Å². The first-order chi connectivity index (χ1) is 14.5. The van der Waals surface area contributed by atoms with E-state index < -0.39 is 16.1 Å². The number of nitrogens with zero attached hydrogens (tertiary/aromatic N) is 2. The fourth-order valence-electron chi connectivity index (χ4n) is 3.32. The molecule has 0 bridgehead atoms. The van der Waals surface area contributed by atoms with Gasteiger partial charge in [-0.25, -0.2) is 18.0 Å². The molecule has 5 nitrogen and oxygen atoms in total. The number of imidazole rings is 1. The van der Waals surface area contributed by atoms with Crippen molar-refractivity contribution in [3.8, 4) is 22.9 Å². The van der Waals surface area contributed by atoms with Crippen LogP contribution in [0.1, 0.15) is 5.56 Å². The molecule has 0 spiro atoms. The number of para-hydroxylation sites is 2. The van der Waals surface area contributed by atoms with Gasteiger partial charge in [-0.2, -0.15) is 0 Å². The molecule has 0 unspecified atom stereocenters. The molecule has 1 aromatic heterocycles. The third kappa shape index (κ3) is 4.13. The van der Waals surface area contributed by atoms with Crippen molar-refractivity contribution in [2.45, 2.75) is 18.1 Å². The van der Waals surface area contributed by atoms with E-state index in [1.807, 2.05) is 0 Å². The van der Waals surface area contributed by atoms with Crippen LogP contribution < -0.4 is 4.74 Å². The standard InChI is InChI=1S/C22H17F3N2O3S/c1-14-12-16(30-15-6-5-7-17(13-15)31(2,28)29)10-11-18(14)21-26-19-8-3-4-9-20(19)27(21)22(23,24)25/h3-13H,1-2H3. The molecule has 9 heteroatoms. The second-order valence-electron chi connectivity index (χ2n) is 7.05. The molecule has 0 amide bonds. The average molecular weight is 446 g/mol. The molecule has 4 aromatic rings. The van der Waals surface area contributed by atoms with Crippen LogP contribution >= 0.6 is 0 Å². The van der Waals surface area contributed by atoms with Gasteiger partial charge in [0.05, 0.1) is 15.9 Å². The highest BCUT2D eigenvalue weighted by Crippen LogP contribution is 2.37. The van der Waals surface area contributed by atoms with E-state index in [1.165, 1.54) is 42.5 Å². The Morgan fingerprint density at radius 1 is 0.935 bits per heavy atom. The lowest BCUT2D eigenvalue weighted by atomic mass is 10.1. The first-order valence-corrected chi connectivity index (χ1v) is 11.1. The highest BCUT2D eigenvalue weighted by molar-refractivity contribution is 7.90. The van der Waals surface area contributed by atoms with Gasteiger partial charge >= 0.3 is 6.30 Å². The fraction of sp³-hybridized carbons (Fsp3) is 0.136. The molecule has 1 heterocycles. The van der Waals surface area contributed by atoms with Crippen LogP contribution in [0, 0.1) is 6.92 Å². The van der Waals surface area contributed by atoms with Gasteiger partial charge in [-0.3, -0.25) is 0 Å². The second-order valence-corrected chi connectivity index (χ2v) is 9.07. The first kappa shape index (κ1) is 20.9. The molecule has 4 rings (SSSR count). The van der Waals surface area contributed by atoms with Crippen LogP contribution in [0.15, 0.2) is 71.6 Å². The zero-order valence-corrected chi connectivity index (χ0v) is 17.3. The van der Waals surface area contributed by atoms with E-state index >= 15 is 0 Å².